The number of nitrogens with zero attached hydrogens (tertiary/aromatic N) is 1. The Kier molecular flexibility index (Phi) is 4.83. The highest BCUT2D eigenvalue weighted by Gasteiger charge is 2.25. The Balaban J connectivity index is 1.49. The van der Waals surface area contributed by atoms with Gasteiger partial charge < -0.3 is 5.32 Å². The van der Waals surface area contributed by atoms with Gasteiger partial charge in [-0.3, -0.25) is 9.69 Å². The molecule has 1 fully saturated rings. The SMILES string of the molecule is O=C(NCC(c1cccs1)N1CCCC1)c1cc2c(F)cccc2s1. The molecule has 0 radical (unpaired) electrons. The molecule has 1 unspecified atom stereocenters. The minimum absolute atomic E-state index is 0.124. The minimum atomic E-state index is -0.277. The lowest BCUT2D eigenvalue weighted by Crippen LogP contribution is -2.36. The molecule has 1 saturated heterocycles. The molecule has 6 heteroatoms. The van der Waals surface area contributed by atoms with E-state index >= 15 is 0 Å². The first-order valence-corrected chi connectivity index (χ1v) is 10.2. The van der Waals surface area contributed by atoms with E-state index in [9.17, 15) is 9.18 Å². The molecule has 1 aliphatic heterocycles. The van der Waals surface area contributed by atoms with Crippen LogP contribution in [-0.2, 0) is 0 Å². The van der Waals surface area contributed by atoms with E-state index in [1.807, 2.05) is 6.07 Å². The Hall–Kier alpha value is -1.76. The number of thiophene rings is 2. The molecule has 1 N–H and O–H groups in total. The van der Waals surface area contributed by atoms with E-state index in [-0.39, 0.29) is 17.8 Å². The van der Waals surface area contributed by atoms with Crippen molar-refractivity contribution in [2.75, 3.05) is 19.6 Å². The molecule has 1 aromatic carbocycles. The smallest absolute Gasteiger partial charge is 0.261 e. The van der Waals surface area contributed by atoms with Crippen molar-refractivity contribution in [2.45, 2.75) is 18.9 Å². The maximum atomic E-state index is 13.8. The maximum Gasteiger partial charge on any atom is 0.261 e. The van der Waals surface area contributed by atoms with Gasteiger partial charge >= 0.3 is 0 Å². The van der Waals surface area contributed by atoms with Crippen LogP contribution in [0.5, 0.6) is 0 Å². The van der Waals surface area contributed by atoms with Crippen LogP contribution in [-0.4, -0.2) is 30.4 Å². The fourth-order valence-corrected chi connectivity index (χ4v) is 5.21. The van der Waals surface area contributed by atoms with Gasteiger partial charge in [0.05, 0.1) is 10.9 Å². The standard InChI is InChI=1S/C19H19FN2OS2/c20-14-5-3-6-16-13(14)11-18(25-16)19(23)21-12-15(17-7-4-10-24-17)22-8-1-2-9-22/h3-7,10-11,15H,1-2,8-9,12H2,(H,21,23). The monoisotopic (exact) mass is 374 g/mol. The second-order valence-corrected chi connectivity index (χ2v) is 8.31. The molecular formula is C19H19FN2OS2. The number of halogens is 1. The van der Waals surface area contributed by atoms with Gasteiger partial charge in [0.15, 0.2) is 0 Å². The van der Waals surface area contributed by atoms with Crippen molar-refractivity contribution >= 4 is 38.7 Å². The highest BCUT2D eigenvalue weighted by molar-refractivity contribution is 7.20. The Morgan fingerprint density at radius 3 is 2.80 bits per heavy atom. The first-order valence-electron chi connectivity index (χ1n) is 8.46. The number of rotatable bonds is 5. The number of benzene rings is 1. The molecule has 1 aliphatic rings. The molecule has 3 heterocycles. The van der Waals surface area contributed by atoms with E-state index in [0.717, 1.165) is 17.8 Å². The number of likely N-dealkylation sites (tertiary alicyclic amines) is 1. The van der Waals surface area contributed by atoms with Crippen LogP contribution < -0.4 is 5.32 Å². The molecule has 0 aliphatic carbocycles. The summed E-state index contributed by atoms with van der Waals surface area (Å²) < 4.78 is 14.6. The fraction of sp³-hybridized carbons (Fsp3) is 0.316. The van der Waals surface area contributed by atoms with Gasteiger partial charge in [-0.1, -0.05) is 12.1 Å². The van der Waals surface area contributed by atoms with Crippen LogP contribution in [0.2, 0.25) is 0 Å². The van der Waals surface area contributed by atoms with E-state index < -0.39 is 0 Å². The molecular weight excluding hydrogens is 355 g/mol. The van der Waals surface area contributed by atoms with Gasteiger partial charge in [-0.15, -0.1) is 22.7 Å². The number of nitrogens with one attached hydrogen (secondary N) is 1. The Labute approximate surface area is 154 Å². The maximum absolute atomic E-state index is 13.8. The lowest BCUT2D eigenvalue weighted by Gasteiger charge is -2.26. The van der Waals surface area contributed by atoms with Crippen molar-refractivity contribution in [3.05, 3.63) is 57.3 Å². The van der Waals surface area contributed by atoms with Crippen molar-refractivity contribution in [1.82, 2.24) is 10.2 Å². The van der Waals surface area contributed by atoms with Crippen molar-refractivity contribution in [3.8, 4) is 0 Å². The zero-order valence-electron chi connectivity index (χ0n) is 13.7. The number of hydrogen-bond acceptors (Lipinski definition) is 4. The van der Waals surface area contributed by atoms with Crippen LogP contribution >= 0.6 is 22.7 Å². The second kappa shape index (κ2) is 7.23. The molecule has 4 rings (SSSR count). The summed E-state index contributed by atoms with van der Waals surface area (Å²) in [6, 6.07) is 11.0. The van der Waals surface area contributed by atoms with Gasteiger partial charge in [0.2, 0.25) is 0 Å². The van der Waals surface area contributed by atoms with E-state index in [1.54, 1.807) is 23.5 Å². The zero-order chi connectivity index (χ0) is 17.2. The molecule has 2 aromatic heterocycles. The van der Waals surface area contributed by atoms with Crippen LogP contribution in [0.3, 0.4) is 0 Å². The number of carbonyl (C=O) groups is 1. The molecule has 0 spiro atoms. The third-order valence-electron chi connectivity index (χ3n) is 4.64. The van der Waals surface area contributed by atoms with E-state index in [2.05, 4.69) is 27.7 Å². The Bertz CT molecular complexity index is 869. The topological polar surface area (TPSA) is 32.3 Å². The van der Waals surface area contributed by atoms with E-state index in [1.165, 1.54) is 35.1 Å². The first-order chi connectivity index (χ1) is 12.2. The lowest BCUT2D eigenvalue weighted by molar-refractivity contribution is 0.0942. The minimum Gasteiger partial charge on any atom is -0.349 e. The summed E-state index contributed by atoms with van der Waals surface area (Å²) in [5.41, 5.74) is 0. The molecule has 1 amide bonds. The summed E-state index contributed by atoms with van der Waals surface area (Å²) in [5.74, 6) is -0.400. The summed E-state index contributed by atoms with van der Waals surface area (Å²) in [7, 11) is 0. The molecule has 130 valence electrons. The molecule has 1 atom stereocenters. The quantitative estimate of drug-likeness (QED) is 0.704. The number of fused-ring (bicyclic) bond motifs is 1. The number of amides is 1. The highest BCUT2D eigenvalue weighted by Crippen LogP contribution is 2.29. The van der Waals surface area contributed by atoms with Gasteiger partial charge in [-0.05, 0) is 55.6 Å². The highest BCUT2D eigenvalue weighted by atomic mass is 32.1. The van der Waals surface area contributed by atoms with Gasteiger partial charge in [-0.2, -0.15) is 0 Å². The van der Waals surface area contributed by atoms with Gasteiger partial charge in [0.25, 0.3) is 5.91 Å². The van der Waals surface area contributed by atoms with Gasteiger partial charge in [0.1, 0.15) is 5.82 Å². The zero-order valence-corrected chi connectivity index (χ0v) is 15.3. The summed E-state index contributed by atoms with van der Waals surface area (Å²) in [4.78, 5) is 16.9. The first kappa shape index (κ1) is 16.7. The third-order valence-corrected chi connectivity index (χ3v) is 6.71. The molecule has 0 bridgehead atoms. The van der Waals surface area contributed by atoms with Gasteiger partial charge in [-0.25, -0.2) is 4.39 Å². The average Bonchev–Trinajstić information content (AvgIpc) is 3.36. The number of carbonyl (C=O) groups excluding carboxylic acids is 1. The largest absolute Gasteiger partial charge is 0.349 e. The second-order valence-electron chi connectivity index (χ2n) is 6.25. The van der Waals surface area contributed by atoms with Crippen molar-refractivity contribution in [1.29, 1.82) is 0 Å². The van der Waals surface area contributed by atoms with Crippen molar-refractivity contribution < 1.29 is 9.18 Å². The van der Waals surface area contributed by atoms with E-state index in [4.69, 9.17) is 0 Å². The molecule has 25 heavy (non-hydrogen) atoms. The summed E-state index contributed by atoms with van der Waals surface area (Å²) in [5, 5.41) is 5.66. The molecule has 0 saturated carbocycles. The van der Waals surface area contributed by atoms with Crippen LogP contribution in [0.15, 0.2) is 41.8 Å². The van der Waals surface area contributed by atoms with Crippen molar-refractivity contribution in [2.24, 2.45) is 0 Å². The summed E-state index contributed by atoms with van der Waals surface area (Å²) in [6.45, 7) is 2.73. The van der Waals surface area contributed by atoms with Crippen molar-refractivity contribution in [3.63, 3.8) is 0 Å². The van der Waals surface area contributed by atoms with Gasteiger partial charge in [0, 0.05) is 21.5 Å². The fourth-order valence-electron chi connectivity index (χ4n) is 3.36. The average molecular weight is 375 g/mol. The predicted octanol–water partition coefficient (Wildman–Crippen LogP) is 4.67. The summed E-state index contributed by atoms with van der Waals surface area (Å²) >= 11 is 3.07. The normalized spacial score (nSPS) is 16.4. The third kappa shape index (κ3) is 3.47. The Morgan fingerprint density at radius 2 is 2.08 bits per heavy atom. The summed E-state index contributed by atoms with van der Waals surface area (Å²) in [6.07, 6.45) is 2.43. The lowest BCUT2D eigenvalue weighted by atomic mass is 10.2. The van der Waals surface area contributed by atoms with Crippen LogP contribution in [0.1, 0.15) is 33.4 Å². The van der Waals surface area contributed by atoms with E-state index in [0.29, 0.717) is 16.8 Å². The van der Waals surface area contributed by atoms with Crippen LogP contribution in [0, 0.1) is 5.82 Å². The molecule has 3 aromatic rings. The Morgan fingerprint density at radius 1 is 1.24 bits per heavy atom. The molecule has 3 nitrogen and oxygen atoms in total. The predicted molar refractivity (Wildman–Crippen MR) is 102 cm³/mol. The van der Waals surface area contributed by atoms with Crippen LogP contribution in [0.25, 0.3) is 10.1 Å². The van der Waals surface area contributed by atoms with Crippen LogP contribution in [0.4, 0.5) is 4.39 Å². The number of hydrogen-bond donors (Lipinski definition) is 1.